The van der Waals surface area contributed by atoms with E-state index >= 15 is 0 Å². The van der Waals surface area contributed by atoms with Crippen molar-refractivity contribution < 1.29 is 14.3 Å². The van der Waals surface area contributed by atoms with Crippen LogP contribution in [0.1, 0.15) is 26.4 Å². The lowest BCUT2D eigenvalue weighted by atomic mass is 10.1. The van der Waals surface area contributed by atoms with E-state index in [-0.39, 0.29) is 11.8 Å². The van der Waals surface area contributed by atoms with E-state index in [0.717, 1.165) is 21.9 Å². The van der Waals surface area contributed by atoms with Gasteiger partial charge in [0.2, 0.25) is 0 Å². The molecule has 0 fully saturated rings. The number of rotatable bonds is 5. The number of nitrogens with zero attached hydrogens (tertiary/aromatic N) is 1. The molecule has 3 rings (SSSR count). The highest BCUT2D eigenvalue weighted by atomic mass is 32.1. The van der Waals surface area contributed by atoms with Crippen molar-refractivity contribution in [2.45, 2.75) is 6.92 Å². The molecule has 1 aromatic heterocycles. The van der Waals surface area contributed by atoms with Crippen LogP contribution >= 0.6 is 11.3 Å². The summed E-state index contributed by atoms with van der Waals surface area (Å²) in [6.45, 7) is 1.84. The van der Waals surface area contributed by atoms with Gasteiger partial charge in [-0.25, -0.2) is 4.98 Å². The maximum atomic E-state index is 12.5. The number of carbonyl (C=O) groups is 2. The first-order valence-corrected chi connectivity index (χ1v) is 9.14. The number of anilines is 1. The van der Waals surface area contributed by atoms with E-state index in [9.17, 15) is 9.59 Å². The highest BCUT2D eigenvalue weighted by Gasteiger charge is 2.14. The minimum absolute atomic E-state index is 0.167. The smallest absolute Gasteiger partial charge is 0.275 e. The van der Waals surface area contributed by atoms with Crippen molar-refractivity contribution in [1.29, 1.82) is 0 Å². The maximum Gasteiger partial charge on any atom is 0.275 e. The van der Waals surface area contributed by atoms with Gasteiger partial charge >= 0.3 is 0 Å². The number of hydrogen-bond donors (Lipinski definition) is 2. The molecule has 0 bridgehead atoms. The number of thiazole rings is 1. The van der Waals surface area contributed by atoms with Crippen molar-refractivity contribution in [2.75, 3.05) is 19.5 Å². The van der Waals surface area contributed by atoms with Gasteiger partial charge in [0, 0.05) is 29.2 Å². The Hall–Kier alpha value is -3.19. The van der Waals surface area contributed by atoms with Crippen LogP contribution in [0.5, 0.6) is 5.75 Å². The summed E-state index contributed by atoms with van der Waals surface area (Å²) < 4.78 is 5.15. The largest absolute Gasteiger partial charge is 0.497 e. The molecular formula is C20H19N3O3S. The lowest BCUT2D eigenvalue weighted by Gasteiger charge is -2.09. The summed E-state index contributed by atoms with van der Waals surface area (Å²) in [7, 11) is 3.19. The number of aromatic nitrogens is 1. The summed E-state index contributed by atoms with van der Waals surface area (Å²) >= 11 is 1.40. The molecule has 27 heavy (non-hydrogen) atoms. The molecule has 6 nitrogen and oxygen atoms in total. The van der Waals surface area contributed by atoms with Gasteiger partial charge in [-0.2, -0.15) is 0 Å². The summed E-state index contributed by atoms with van der Waals surface area (Å²) in [5.41, 5.74) is 3.26. The van der Waals surface area contributed by atoms with E-state index in [1.807, 2.05) is 31.2 Å². The van der Waals surface area contributed by atoms with Crippen molar-refractivity contribution in [3.8, 4) is 16.3 Å². The molecule has 0 saturated heterocycles. The standard InChI is InChI=1S/C20H19N3O3S/c1-12-10-14(18(24)21-2)6-9-16(12)22-19(25)17-11-27-20(23-17)13-4-7-15(26-3)8-5-13/h4-11H,1-3H3,(H,21,24)(H,22,25). The van der Waals surface area contributed by atoms with Crippen molar-refractivity contribution in [1.82, 2.24) is 10.3 Å². The maximum absolute atomic E-state index is 12.5. The van der Waals surface area contributed by atoms with Crippen LogP contribution < -0.4 is 15.4 Å². The number of nitrogens with one attached hydrogen (secondary N) is 2. The normalized spacial score (nSPS) is 10.3. The van der Waals surface area contributed by atoms with E-state index in [0.29, 0.717) is 16.9 Å². The Morgan fingerprint density at radius 2 is 1.81 bits per heavy atom. The van der Waals surface area contributed by atoms with Crippen LogP contribution in [0.3, 0.4) is 0 Å². The molecule has 0 aliphatic heterocycles. The molecule has 1 heterocycles. The highest BCUT2D eigenvalue weighted by Crippen LogP contribution is 2.26. The Balaban J connectivity index is 1.75. The zero-order chi connectivity index (χ0) is 19.4. The van der Waals surface area contributed by atoms with Gasteiger partial charge in [0.15, 0.2) is 0 Å². The first-order valence-electron chi connectivity index (χ1n) is 8.26. The van der Waals surface area contributed by atoms with E-state index < -0.39 is 0 Å². The fraction of sp³-hybridized carbons (Fsp3) is 0.150. The van der Waals surface area contributed by atoms with Crippen molar-refractivity contribution in [3.05, 3.63) is 64.7 Å². The Morgan fingerprint density at radius 1 is 1.07 bits per heavy atom. The topological polar surface area (TPSA) is 80.3 Å². The lowest BCUT2D eigenvalue weighted by molar-refractivity contribution is 0.0962. The summed E-state index contributed by atoms with van der Waals surface area (Å²) in [4.78, 5) is 28.6. The van der Waals surface area contributed by atoms with Gasteiger partial charge in [0.25, 0.3) is 11.8 Å². The quantitative estimate of drug-likeness (QED) is 0.706. The first-order chi connectivity index (χ1) is 13.0. The van der Waals surface area contributed by atoms with Crippen LogP contribution in [0.4, 0.5) is 5.69 Å². The number of benzene rings is 2. The van der Waals surface area contributed by atoms with Crippen LogP contribution in [0.25, 0.3) is 10.6 Å². The molecule has 0 aliphatic carbocycles. The monoisotopic (exact) mass is 381 g/mol. The van der Waals surface area contributed by atoms with Gasteiger partial charge in [0.1, 0.15) is 16.5 Å². The van der Waals surface area contributed by atoms with Crippen molar-refractivity contribution in [3.63, 3.8) is 0 Å². The van der Waals surface area contributed by atoms with Gasteiger partial charge in [0.05, 0.1) is 7.11 Å². The van der Waals surface area contributed by atoms with Crippen LogP contribution in [-0.4, -0.2) is 31.0 Å². The highest BCUT2D eigenvalue weighted by molar-refractivity contribution is 7.13. The Kier molecular flexibility index (Phi) is 5.52. The minimum atomic E-state index is -0.290. The zero-order valence-electron chi connectivity index (χ0n) is 15.2. The second kappa shape index (κ2) is 8.01. The second-order valence-electron chi connectivity index (χ2n) is 5.83. The number of hydrogen-bond acceptors (Lipinski definition) is 5. The molecule has 0 saturated carbocycles. The van der Waals surface area contributed by atoms with Gasteiger partial charge in [-0.15, -0.1) is 11.3 Å². The first kappa shape index (κ1) is 18.6. The van der Waals surface area contributed by atoms with E-state index in [1.165, 1.54) is 11.3 Å². The molecule has 3 aromatic rings. The van der Waals surface area contributed by atoms with E-state index in [2.05, 4.69) is 15.6 Å². The Bertz CT molecular complexity index is 980. The average Bonchev–Trinajstić information content (AvgIpc) is 3.19. The minimum Gasteiger partial charge on any atom is -0.497 e. The fourth-order valence-corrected chi connectivity index (χ4v) is 3.33. The van der Waals surface area contributed by atoms with E-state index in [1.54, 1.807) is 37.7 Å². The van der Waals surface area contributed by atoms with Gasteiger partial charge < -0.3 is 15.4 Å². The zero-order valence-corrected chi connectivity index (χ0v) is 16.0. The molecule has 2 aromatic carbocycles. The molecular weight excluding hydrogens is 362 g/mol. The average molecular weight is 381 g/mol. The molecule has 7 heteroatoms. The third-order valence-corrected chi connectivity index (χ3v) is 4.93. The van der Waals surface area contributed by atoms with Crippen LogP contribution in [0.2, 0.25) is 0 Å². The molecule has 0 radical (unpaired) electrons. The number of amides is 2. The molecule has 0 aliphatic rings. The van der Waals surface area contributed by atoms with Crippen LogP contribution in [-0.2, 0) is 0 Å². The molecule has 138 valence electrons. The summed E-state index contributed by atoms with van der Waals surface area (Å²) in [5, 5.41) is 7.91. The number of aryl methyl sites for hydroxylation is 1. The Morgan fingerprint density at radius 3 is 2.44 bits per heavy atom. The summed E-state index contributed by atoms with van der Waals surface area (Å²) in [5.74, 6) is 0.311. The molecule has 0 atom stereocenters. The number of ether oxygens (including phenoxy) is 1. The fourth-order valence-electron chi connectivity index (χ4n) is 2.52. The van der Waals surface area contributed by atoms with Crippen LogP contribution in [0, 0.1) is 6.92 Å². The van der Waals surface area contributed by atoms with Crippen molar-refractivity contribution >= 4 is 28.8 Å². The predicted octanol–water partition coefficient (Wildman–Crippen LogP) is 3.74. The summed E-state index contributed by atoms with van der Waals surface area (Å²) in [6, 6.07) is 12.6. The van der Waals surface area contributed by atoms with Gasteiger partial charge in [-0.3, -0.25) is 9.59 Å². The van der Waals surface area contributed by atoms with Crippen LogP contribution in [0.15, 0.2) is 47.8 Å². The van der Waals surface area contributed by atoms with Gasteiger partial charge in [-0.05, 0) is 55.0 Å². The number of carbonyl (C=O) groups excluding carboxylic acids is 2. The molecule has 0 spiro atoms. The SMILES string of the molecule is CNC(=O)c1ccc(NC(=O)c2csc(-c3ccc(OC)cc3)n2)c(C)c1. The third kappa shape index (κ3) is 4.15. The lowest BCUT2D eigenvalue weighted by Crippen LogP contribution is -2.18. The van der Waals surface area contributed by atoms with E-state index in [4.69, 9.17) is 4.74 Å². The second-order valence-corrected chi connectivity index (χ2v) is 6.69. The Labute approximate surface area is 161 Å². The third-order valence-electron chi connectivity index (χ3n) is 4.04. The predicted molar refractivity (Wildman–Crippen MR) is 107 cm³/mol. The summed E-state index contributed by atoms with van der Waals surface area (Å²) in [6.07, 6.45) is 0. The molecule has 2 N–H and O–H groups in total. The number of methoxy groups -OCH3 is 1. The van der Waals surface area contributed by atoms with Crippen molar-refractivity contribution in [2.24, 2.45) is 0 Å². The van der Waals surface area contributed by atoms with Gasteiger partial charge in [-0.1, -0.05) is 0 Å². The molecule has 0 unspecified atom stereocenters. The molecule has 2 amide bonds.